The van der Waals surface area contributed by atoms with Gasteiger partial charge in [0.15, 0.2) is 0 Å². The summed E-state index contributed by atoms with van der Waals surface area (Å²) in [5.74, 6) is -1.03. The van der Waals surface area contributed by atoms with Crippen molar-refractivity contribution < 1.29 is 19.1 Å². The van der Waals surface area contributed by atoms with E-state index in [-0.39, 0.29) is 23.8 Å². The SMILES string of the molecule is CCN1CCN(CCCN2C(=O)C3C(C(=O)Nc4cccc(C)c4)C4C=CC3(O4)C2C(=O)NC2CCCC(C)C2C)CC1. The average Bonchev–Trinajstić information content (AvgIpc) is 3.63. The topological polar surface area (TPSA) is 94.2 Å². The molecule has 3 saturated heterocycles. The van der Waals surface area contributed by atoms with Crippen molar-refractivity contribution in [2.24, 2.45) is 23.7 Å². The molecule has 6 rings (SSSR count). The molecule has 5 aliphatic rings. The highest BCUT2D eigenvalue weighted by molar-refractivity contribution is 6.02. The molecule has 234 valence electrons. The molecule has 1 aromatic carbocycles. The van der Waals surface area contributed by atoms with Gasteiger partial charge < -0.3 is 30.1 Å². The minimum Gasteiger partial charge on any atom is -0.359 e. The number of amides is 3. The van der Waals surface area contributed by atoms with Crippen LogP contribution in [0, 0.1) is 30.6 Å². The van der Waals surface area contributed by atoms with E-state index in [0.29, 0.717) is 24.1 Å². The van der Waals surface area contributed by atoms with E-state index in [1.165, 1.54) is 6.42 Å². The lowest BCUT2D eigenvalue weighted by Gasteiger charge is -2.38. The molecule has 4 heterocycles. The summed E-state index contributed by atoms with van der Waals surface area (Å²) in [7, 11) is 0. The molecule has 8 atom stereocenters. The number of likely N-dealkylation sites (tertiary alicyclic amines) is 1. The van der Waals surface area contributed by atoms with Gasteiger partial charge in [-0.2, -0.15) is 0 Å². The van der Waals surface area contributed by atoms with Crippen molar-refractivity contribution in [2.75, 3.05) is 51.1 Å². The van der Waals surface area contributed by atoms with Crippen LogP contribution in [0.25, 0.3) is 0 Å². The molecular formula is C34H49N5O4. The second-order valence-corrected chi connectivity index (χ2v) is 13.6. The maximum atomic E-state index is 14.3. The van der Waals surface area contributed by atoms with E-state index in [1.54, 1.807) is 4.90 Å². The molecule has 9 nitrogen and oxygen atoms in total. The number of ether oxygens (including phenoxy) is 1. The van der Waals surface area contributed by atoms with Crippen LogP contribution in [-0.4, -0.2) is 102 Å². The quantitative estimate of drug-likeness (QED) is 0.429. The molecule has 8 unspecified atom stereocenters. The highest BCUT2D eigenvalue weighted by Gasteiger charge is 2.72. The molecule has 4 fully saturated rings. The predicted octanol–water partition coefficient (Wildman–Crippen LogP) is 3.05. The van der Waals surface area contributed by atoms with Crippen LogP contribution in [0.3, 0.4) is 0 Å². The second-order valence-electron chi connectivity index (χ2n) is 13.6. The fourth-order valence-electron chi connectivity index (χ4n) is 8.30. The Bertz CT molecular complexity index is 1240. The van der Waals surface area contributed by atoms with Crippen LogP contribution in [0.15, 0.2) is 36.4 Å². The number of hydrogen-bond donors (Lipinski definition) is 2. The Morgan fingerprint density at radius 2 is 1.81 bits per heavy atom. The first-order chi connectivity index (χ1) is 20.7. The van der Waals surface area contributed by atoms with Crippen LogP contribution in [0.4, 0.5) is 5.69 Å². The Morgan fingerprint density at radius 1 is 1.05 bits per heavy atom. The number of likely N-dealkylation sites (N-methyl/N-ethyl adjacent to an activating group) is 1. The summed E-state index contributed by atoms with van der Waals surface area (Å²) in [6.07, 6.45) is 7.26. The molecule has 1 saturated carbocycles. The van der Waals surface area contributed by atoms with Gasteiger partial charge in [0.25, 0.3) is 0 Å². The first-order valence-electron chi connectivity index (χ1n) is 16.5. The van der Waals surface area contributed by atoms with Gasteiger partial charge in [-0.3, -0.25) is 14.4 Å². The third-order valence-corrected chi connectivity index (χ3v) is 11.0. The number of carbonyl (C=O) groups excluding carboxylic acids is 3. The molecule has 1 spiro atoms. The lowest BCUT2D eigenvalue weighted by molar-refractivity contribution is -0.141. The summed E-state index contributed by atoms with van der Waals surface area (Å²) in [5.41, 5.74) is 0.614. The van der Waals surface area contributed by atoms with Gasteiger partial charge in [-0.1, -0.05) is 57.9 Å². The van der Waals surface area contributed by atoms with Crippen molar-refractivity contribution in [1.29, 1.82) is 0 Å². The van der Waals surface area contributed by atoms with Gasteiger partial charge in [-0.15, -0.1) is 0 Å². The predicted molar refractivity (Wildman–Crippen MR) is 166 cm³/mol. The van der Waals surface area contributed by atoms with Crippen molar-refractivity contribution in [1.82, 2.24) is 20.0 Å². The molecule has 9 heteroatoms. The van der Waals surface area contributed by atoms with Crippen molar-refractivity contribution in [3.8, 4) is 0 Å². The Kier molecular flexibility index (Phi) is 8.68. The van der Waals surface area contributed by atoms with E-state index in [9.17, 15) is 14.4 Å². The second kappa shape index (κ2) is 12.3. The highest BCUT2D eigenvalue weighted by Crippen LogP contribution is 2.55. The molecule has 0 aromatic heterocycles. The monoisotopic (exact) mass is 591 g/mol. The van der Waals surface area contributed by atoms with Crippen LogP contribution in [-0.2, 0) is 19.1 Å². The van der Waals surface area contributed by atoms with Gasteiger partial charge in [-0.25, -0.2) is 0 Å². The van der Waals surface area contributed by atoms with Crippen molar-refractivity contribution in [3.63, 3.8) is 0 Å². The zero-order chi connectivity index (χ0) is 30.3. The number of carbonyl (C=O) groups is 3. The Balaban J connectivity index is 1.22. The number of nitrogens with zero attached hydrogens (tertiary/aromatic N) is 3. The maximum Gasteiger partial charge on any atom is 0.246 e. The van der Waals surface area contributed by atoms with Crippen LogP contribution in [0.1, 0.15) is 52.0 Å². The van der Waals surface area contributed by atoms with Gasteiger partial charge >= 0.3 is 0 Å². The van der Waals surface area contributed by atoms with Crippen LogP contribution in [0.5, 0.6) is 0 Å². The number of rotatable bonds is 9. The molecule has 0 radical (unpaired) electrons. The molecule has 2 bridgehead atoms. The van der Waals surface area contributed by atoms with Crippen LogP contribution < -0.4 is 10.6 Å². The van der Waals surface area contributed by atoms with E-state index in [2.05, 4.69) is 41.2 Å². The zero-order valence-electron chi connectivity index (χ0n) is 26.3. The summed E-state index contributed by atoms with van der Waals surface area (Å²) in [5, 5.41) is 6.39. The fraction of sp³-hybridized carbons (Fsp3) is 0.676. The number of hydrogen-bond acceptors (Lipinski definition) is 6. The number of nitrogens with one attached hydrogen (secondary N) is 2. The standard InChI is InChI=1S/C34H49N5O4/c1-5-37-17-19-38(20-18-37)15-8-16-39-30(32(41)36-26-12-7-10-23(3)24(26)4)34-14-13-27(43-34)28(29(34)33(39)42)31(40)35-25-11-6-9-22(2)21-25/h6,9,11,13-14,21,23-24,26-30H,5,7-8,10,12,15-20H2,1-4H3,(H,35,40)(H,36,41). The lowest BCUT2D eigenvalue weighted by Crippen LogP contribution is -2.58. The molecular weight excluding hydrogens is 542 g/mol. The summed E-state index contributed by atoms with van der Waals surface area (Å²) >= 11 is 0. The van der Waals surface area contributed by atoms with E-state index < -0.39 is 29.6 Å². The van der Waals surface area contributed by atoms with E-state index in [0.717, 1.165) is 64.1 Å². The minimum absolute atomic E-state index is 0.0708. The third kappa shape index (κ3) is 5.64. The molecule has 1 aromatic rings. The van der Waals surface area contributed by atoms with Gasteiger partial charge in [0.1, 0.15) is 11.6 Å². The first kappa shape index (κ1) is 30.3. The van der Waals surface area contributed by atoms with Gasteiger partial charge in [0, 0.05) is 44.5 Å². The Labute approximate surface area is 256 Å². The average molecular weight is 592 g/mol. The van der Waals surface area contributed by atoms with E-state index in [4.69, 9.17) is 4.74 Å². The molecule has 3 amide bonds. The summed E-state index contributed by atoms with van der Waals surface area (Å²) < 4.78 is 6.56. The molecule has 4 aliphatic heterocycles. The number of anilines is 1. The van der Waals surface area contributed by atoms with Crippen molar-refractivity contribution >= 4 is 23.4 Å². The number of fused-ring (bicyclic) bond motifs is 1. The maximum absolute atomic E-state index is 14.3. The Hall–Kier alpha value is -2.75. The largest absolute Gasteiger partial charge is 0.359 e. The summed E-state index contributed by atoms with van der Waals surface area (Å²) in [4.78, 5) is 49.0. The van der Waals surface area contributed by atoms with Crippen molar-refractivity contribution in [2.45, 2.75) is 77.2 Å². The van der Waals surface area contributed by atoms with Crippen LogP contribution >= 0.6 is 0 Å². The first-order valence-corrected chi connectivity index (χ1v) is 16.5. The highest BCUT2D eigenvalue weighted by atomic mass is 16.5. The van der Waals surface area contributed by atoms with E-state index >= 15 is 0 Å². The van der Waals surface area contributed by atoms with Crippen LogP contribution in [0.2, 0.25) is 0 Å². The van der Waals surface area contributed by atoms with Gasteiger partial charge in [0.05, 0.1) is 17.9 Å². The fourth-order valence-corrected chi connectivity index (χ4v) is 8.30. The number of piperazine rings is 1. The summed E-state index contributed by atoms with van der Waals surface area (Å²) in [6.45, 7) is 15.2. The van der Waals surface area contributed by atoms with Crippen molar-refractivity contribution in [3.05, 3.63) is 42.0 Å². The summed E-state index contributed by atoms with van der Waals surface area (Å²) in [6, 6.07) is 6.94. The molecule has 2 N–H and O–H groups in total. The number of aryl methyl sites for hydroxylation is 1. The van der Waals surface area contributed by atoms with Gasteiger partial charge in [-0.05, 0) is 62.4 Å². The zero-order valence-corrected chi connectivity index (χ0v) is 26.3. The third-order valence-electron chi connectivity index (χ3n) is 11.0. The smallest absolute Gasteiger partial charge is 0.246 e. The lowest BCUT2D eigenvalue weighted by atomic mass is 9.73. The number of benzene rings is 1. The van der Waals surface area contributed by atoms with E-state index in [1.807, 2.05) is 43.3 Å². The molecule has 43 heavy (non-hydrogen) atoms. The molecule has 1 aliphatic carbocycles. The minimum atomic E-state index is -1.13. The van der Waals surface area contributed by atoms with Gasteiger partial charge in [0.2, 0.25) is 17.7 Å². The Morgan fingerprint density at radius 3 is 2.56 bits per heavy atom. The normalized spacial score (nSPS) is 35.8.